The van der Waals surface area contributed by atoms with Crippen LogP contribution in [0.2, 0.25) is 0 Å². The molecule has 2 aliphatic carbocycles. The SMILES string of the molecule is COC(=O)[C@@H]1[C@H]2C[C@@H]([C@@H]1C(=O)OC)[C@H](Br)C2. The van der Waals surface area contributed by atoms with Crippen molar-refractivity contribution in [2.75, 3.05) is 14.2 Å². The van der Waals surface area contributed by atoms with E-state index in [1.165, 1.54) is 14.2 Å². The number of esters is 2. The van der Waals surface area contributed by atoms with Gasteiger partial charge in [0.25, 0.3) is 0 Å². The molecular weight excluding hydrogens is 276 g/mol. The highest BCUT2D eigenvalue weighted by Gasteiger charge is 2.58. The lowest BCUT2D eigenvalue weighted by molar-refractivity contribution is -0.159. The van der Waals surface area contributed by atoms with Crippen LogP contribution in [-0.2, 0) is 19.1 Å². The van der Waals surface area contributed by atoms with Crippen molar-refractivity contribution in [3.8, 4) is 0 Å². The van der Waals surface area contributed by atoms with Crippen LogP contribution in [-0.4, -0.2) is 31.0 Å². The summed E-state index contributed by atoms with van der Waals surface area (Å²) < 4.78 is 9.58. The molecule has 0 aromatic rings. The van der Waals surface area contributed by atoms with E-state index in [4.69, 9.17) is 9.47 Å². The Hall–Kier alpha value is -0.580. The van der Waals surface area contributed by atoms with Gasteiger partial charge in [0.2, 0.25) is 0 Å². The van der Waals surface area contributed by atoms with Crippen LogP contribution in [0.4, 0.5) is 0 Å². The van der Waals surface area contributed by atoms with Crippen LogP contribution in [0, 0.1) is 23.7 Å². The summed E-state index contributed by atoms with van der Waals surface area (Å²) in [6.45, 7) is 0. The van der Waals surface area contributed by atoms with Crippen LogP contribution in [0.1, 0.15) is 12.8 Å². The fourth-order valence-electron chi connectivity index (χ4n) is 3.21. The highest BCUT2D eigenvalue weighted by Crippen LogP contribution is 2.55. The van der Waals surface area contributed by atoms with Crippen LogP contribution >= 0.6 is 15.9 Å². The van der Waals surface area contributed by atoms with Crippen molar-refractivity contribution in [2.45, 2.75) is 17.7 Å². The van der Waals surface area contributed by atoms with E-state index >= 15 is 0 Å². The molecule has 2 fully saturated rings. The highest BCUT2D eigenvalue weighted by molar-refractivity contribution is 9.09. The van der Waals surface area contributed by atoms with E-state index in [1.807, 2.05) is 0 Å². The second-order valence-corrected chi connectivity index (χ2v) is 5.69. The number of hydrogen-bond acceptors (Lipinski definition) is 4. The van der Waals surface area contributed by atoms with Crippen LogP contribution in [0.5, 0.6) is 0 Å². The molecule has 2 saturated carbocycles. The normalized spacial score (nSPS) is 40.8. The zero-order valence-electron chi connectivity index (χ0n) is 9.31. The minimum Gasteiger partial charge on any atom is -0.469 e. The molecule has 5 atom stereocenters. The summed E-state index contributed by atoms with van der Waals surface area (Å²) in [5.74, 6) is -0.737. The smallest absolute Gasteiger partial charge is 0.309 e. The largest absolute Gasteiger partial charge is 0.469 e. The van der Waals surface area contributed by atoms with E-state index < -0.39 is 0 Å². The second-order valence-electron chi connectivity index (χ2n) is 4.51. The van der Waals surface area contributed by atoms with Gasteiger partial charge in [-0.3, -0.25) is 9.59 Å². The Morgan fingerprint density at radius 1 is 1.06 bits per heavy atom. The molecule has 0 aromatic heterocycles. The molecule has 0 radical (unpaired) electrons. The number of methoxy groups -OCH3 is 2. The number of rotatable bonds is 2. The maximum absolute atomic E-state index is 11.7. The lowest BCUT2D eigenvalue weighted by atomic mass is 9.79. The molecule has 5 heteroatoms. The zero-order chi connectivity index (χ0) is 11.9. The summed E-state index contributed by atoms with van der Waals surface area (Å²) in [6, 6.07) is 0. The van der Waals surface area contributed by atoms with Gasteiger partial charge in [-0.05, 0) is 24.7 Å². The first-order chi connectivity index (χ1) is 7.60. The molecule has 90 valence electrons. The lowest BCUT2D eigenvalue weighted by Gasteiger charge is -2.29. The summed E-state index contributed by atoms with van der Waals surface area (Å²) >= 11 is 3.57. The van der Waals surface area contributed by atoms with E-state index in [-0.39, 0.29) is 35.6 Å². The van der Waals surface area contributed by atoms with Crippen LogP contribution in [0.3, 0.4) is 0 Å². The van der Waals surface area contributed by atoms with Gasteiger partial charge in [-0.15, -0.1) is 0 Å². The average molecular weight is 291 g/mol. The Balaban J connectivity index is 2.24. The van der Waals surface area contributed by atoms with Gasteiger partial charge in [-0.2, -0.15) is 0 Å². The highest BCUT2D eigenvalue weighted by atomic mass is 79.9. The summed E-state index contributed by atoms with van der Waals surface area (Å²) in [6.07, 6.45) is 1.85. The van der Waals surface area contributed by atoms with Gasteiger partial charge in [0.15, 0.2) is 0 Å². The first-order valence-electron chi connectivity index (χ1n) is 5.39. The Bertz CT molecular complexity index is 317. The van der Waals surface area contributed by atoms with Crippen molar-refractivity contribution in [3.63, 3.8) is 0 Å². The lowest BCUT2D eigenvalue weighted by Crippen LogP contribution is -2.39. The van der Waals surface area contributed by atoms with E-state index in [9.17, 15) is 9.59 Å². The van der Waals surface area contributed by atoms with E-state index in [0.29, 0.717) is 4.83 Å². The monoisotopic (exact) mass is 290 g/mol. The Morgan fingerprint density at radius 2 is 1.62 bits per heavy atom. The number of halogens is 1. The van der Waals surface area contributed by atoms with Crippen molar-refractivity contribution in [1.29, 1.82) is 0 Å². The van der Waals surface area contributed by atoms with Gasteiger partial charge in [0, 0.05) is 4.83 Å². The molecule has 0 saturated heterocycles. The molecule has 4 nitrogen and oxygen atoms in total. The van der Waals surface area contributed by atoms with Crippen LogP contribution in [0.15, 0.2) is 0 Å². The summed E-state index contributed by atoms with van der Waals surface area (Å²) in [4.78, 5) is 23.7. The number of carbonyl (C=O) groups excluding carboxylic acids is 2. The third kappa shape index (κ3) is 1.65. The minimum atomic E-state index is -0.333. The molecule has 2 aliphatic rings. The molecule has 16 heavy (non-hydrogen) atoms. The van der Waals surface area contributed by atoms with E-state index in [1.54, 1.807) is 0 Å². The van der Waals surface area contributed by atoms with Gasteiger partial charge < -0.3 is 9.47 Å². The van der Waals surface area contributed by atoms with Crippen molar-refractivity contribution in [2.24, 2.45) is 23.7 Å². The number of alkyl halides is 1. The molecule has 0 aliphatic heterocycles. The summed E-state index contributed by atoms with van der Waals surface area (Å²) in [5, 5.41) is 0. The third-order valence-electron chi connectivity index (χ3n) is 3.87. The quantitative estimate of drug-likeness (QED) is 0.569. The fraction of sp³-hybridized carbons (Fsp3) is 0.818. The standard InChI is InChI=1S/C11H15BrO4/c1-15-10(13)8-5-3-6(7(12)4-5)9(8)11(14)16-2/h5-9H,3-4H2,1-2H3/t5-,6+,7+,8+,9-/m0/s1. The van der Waals surface area contributed by atoms with Gasteiger partial charge in [0.05, 0.1) is 26.1 Å². The van der Waals surface area contributed by atoms with Crippen molar-refractivity contribution in [3.05, 3.63) is 0 Å². The predicted molar refractivity (Wildman–Crippen MR) is 59.9 cm³/mol. The molecule has 0 spiro atoms. The van der Waals surface area contributed by atoms with Gasteiger partial charge in [-0.25, -0.2) is 0 Å². The fourth-order valence-corrected chi connectivity index (χ4v) is 4.24. The Morgan fingerprint density at radius 3 is 2.19 bits per heavy atom. The van der Waals surface area contributed by atoms with Crippen molar-refractivity contribution >= 4 is 27.9 Å². The van der Waals surface area contributed by atoms with Gasteiger partial charge >= 0.3 is 11.9 Å². The molecule has 2 bridgehead atoms. The molecule has 2 rings (SSSR count). The molecule has 0 aromatic carbocycles. The number of carbonyl (C=O) groups is 2. The van der Waals surface area contributed by atoms with Crippen LogP contribution < -0.4 is 0 Å². The maximum atomic E-state index is 11.7. The molecule has 0 N–H and O–H groups in total. The van der Waals surface area contributed by atoms with Gasteiger partial charge in [0.1, 0.15) is 0 Å². The maximum Gasteiger partial charge on any atom is 0.309 e. The minimum absolute atomic E-state index is 0.210. The van der Waals surface area contributed by atoms with E-state index in [0.717, 1.165) is 12.8 Å². The van der Waals surface area contributed by atoms with Crippen molar-refractivity contribution in [1.82, 2.24) is 0 Å². The number of hydrogen-bond donors (Lipinski definition) is 0. The number of ether oxygens (including phenoxy) is 2. The molecular formula is C11H15BrO4. The first kappa shape index (κ1) is 11.9. The Kier molecular flexibility index (Phi) is 3.24. The van der Waals surface area contributed by atoms with Crippen LogP contribution in [0.25, 0.3) is 0 Å². The predicted octanol–water partition coefficient (Wildman–Crippen LogP) is 1.37. The molecule has 0 amide bonds. The van der Waals surface area contributed by atoms with E-state index in [2.05, 4.69) is 15.9 Å². The molecule has 0 heterocycles. The van der Waals surface area contributed by atoms with Gasteiger partial charge in [-0.1, -0.05) is 15.9 Å². The summed E-state index contributed by atoms with van der Waals surface area (Å²) in [7, 11) is 2.74. The van der Waals surface area contributed by atoms with Crippen molar-refractivity contribution < 1.29 is 19.1 Å². The average Bonchev–Trinajstić information content (AvgIpc) is 2.82. The molecule has 0 unspecified atom stereocenters. The second kappa shape index (κ2) is 4.35. The number of fused-ring (bicyclic) bond motifs is 2. The topological polar surface area (TPSA) is 52.6 Å². The third-order valence-corrected chi connectivity index (χ3v) is 4.92. The summed E-state index contributed by atoms with van der Waals surface area (Å²) in [5.41, 5.74) is 0. The zero-order valence-corrected chi connectivity index (χ0v) is 10.9. The Labute approximate surface area is 103 Å². The first-order valence-corrected chi connectivity index (χ1v) is 6.31.